The number of hydrogen-bond donors (Lipinski definition) is 0. The minimum absolute atomic E-state index is 0.387. The Morgan fingerprint density at radius 3 is 2.50 bits per heavy atom. The molecule has 1 aliphatic rings. The van der Waals surface area contributed by atoms with E-state index in [-0.39, 0.29) is 5.91 Å². The predicted molar refractivity (Wildman–Crippen MR) is 75.0 cm³/mol. The number of para-hydroxylation sites is 1. The summed E-state index contributed by atoms with van der Waals surface area (Å²) in [6.45, 7) is 2.01. The number of fused-ring (bicyclic) bond motifs is 1. The number of rotatable bonds is 1. The van der Waals surface area contributed by atoms with E-state index in [9.17, 15) is 10.1 Å². The summed E-state index contributed by atoms with van der Waals surface area (Å²) in [6.07, 6.45) is 0. The van der Waals surface area contributed by atoms with E-state index in [4.69, 9.17) is 0 Å². The average Bonchev–Trinajstić information content (AvgIpc) is 2.47. The van der Waals surface area contributed by atoms with Crippen LogP contribution in [0.5, 0.6) is 0 Å². The molecule has 3 heteroatoms. The summed E-state index contributed by atoms with van der Waals surface area (Å²) >= 11 is 0. The molecule has 0 fully saturated rings. The number of carbonyl (C=O) groups excluding carboxylic acids is 1. The fourth-order valence-corrected chi connectivity index (χ4v) is 2.44. The van der Waals surface area contributed by atoms with Gasteiger partial charge in [-0.25, -0.2) is 4.99 Å². The number of aryl methyl sites for hydroxylation is 1. The Morgan fingerprint density at radius 2 is 1.80 bits per heavy atom. The fraction of sp³-hybridized carbons (Fsp3) is 0.118. The van der Waals surface area contributed by atoms with Gasteiger partial charge < -0.3 is 0 Å². The van der Waals surface area contributed by atoms with Crippen molar-refractivity contribution in [3.63, 3.8) is 0 Å². The molecule has 2 aromatic carbocycles. The van der Waals surface area contributed by atoms with Crippen LogP contribution in [0.3, 0.4) is 0 Å². The topological polar surface area (TPSA) is 53.2 Å². The van der Waals surface area contributed by atoms with Gasteiger partial charge in [0.05, 0.1) is 11.4 Å². The normalized spacial score (nSPS) is 17.1. The van der Waals surface area contributed by atoms with Gasteiger partial charge in [-0.05, 0) is 24.1 Å². The molecule has 1 heterocycles. The van der Waals surface area contributed by atoms with Crippen LogP contribution in [0.4, 0.5) is 0 Å². The monoisotopic (exact) mass is 260 g/mol. The van der Waals surface area contributed by atoms with Gasteiger partial charge in [-0.1, -0.05) is 48.0 Å². The van der Waals surface area contributed by atoms with Crippen molar-refractivity contribution in [1.82, 2.24) is 0 Å². The van der Waals surface area contributed by atoms with Crippen molar-refractivity contribution in [2.45, 2.75) is 6.92 Å². The summed E-state index contributed by atoms with van der Waals surface area (Å²) in [6, 6.07) is 17.4. The third-order valence-corrected chi connectivity index (χ3v) is 3.45. The lowest BCUT2D eigenvalue weighted by Crippen LogP contribution is -2.37. The Labute approximate surface area is 116 Å². The van der Waals surface area contributed by atoms with Crippen LogP contribution in [0.1, 0.15) is 11.1 Å². The Bertz CT molecular complexity index is 842. The maximum atomic E-state index is 12.0. The molecule has 3 nitrogen and oxygen atoms in total. The van der Waals surface area contributed by atoms with Crippen LogP contribution < -0.4 is 10.6 Å². The van der Waals surface area contributed by atoms with E-state index in [2.05, 4.69) is 11.1 Å². The largest absolute Gasteiger partial charge is 0.271 e. The Balaban J connectivity index is 2.39. The number of carbonyl (C=O) groups is 1. The van der Waals surface area contributed by atoms with Crippen LogP contribution in [0.25, 0.3) is 5.57 Å². The molecular formula is C17H12N2O. The van der Waals surface area contributed by atoms with Crippen LogP contribution in [0, 0.1) is 24.2 Å². The van der Waals surface area contributed by atoms with Gasteiger partial charge in [-0.2, -0.15) is 5.26 Å². The van der Waals surface area contributed by atoms with Crippen molar-refractivity contribution >= 4 is 11.5 Å². The SMILES string of the molecule is Cc1ccc(C2=c3ccccc3=NC(=O)C2C#N)cc1. The molecule has 1 amide bonds. The lowest BCUT2D eigenvalue weighted by molar-refractivity contribution is -0.119. The fourth-order valence-electron chi connectivity index (χ4n) is 2.44. The molecule has 0 saturated carbocycles. The maximum absolute atomic E-state index is 12.0. The summed E-state index contributed by atoms with van der Waals surface area (Å²) in [5.74, 6) is -1.21. The highest BCUT2D eigenvalue weighted by Crippen LogP contribution is 2.23. The highest BCUT2D eigenvalue weighted by molar-refractivity contribution is 5.96. The predicted octanol–water partition coefficient (Wildman–Crippen LogP) is 1.49. The standard InChI is InChI=1S/C17H12N2O/c1-11-6-8-12(9-7-11)16-13-4-2-3-5-15(13)19-17(20)14(16)10-18/h2-9,14H,1H3. The summed E-state index contributed by atoms with van der Waals surface area (Å²) in [5, 5.41) is 10.8. The zero-order valence-corrected chi connectivity index (χ0v) is 11.0. The van der Waals surface area contributed by atoms with Crippen molar-refractivity contribution in [1.29, 1.82) is 5.26 Å². The summed E-state index contributed by atoms with van der Waals surface area (Å²) in [5.41, 5.74) is 2.80. The van der Waals surface area contributed by atoms with Gasteiger partial charge in [0, 0.05) is 5.22 Å². The molecule has 20 heavy (non-hydrogen) atoms. The zero-order chi connectivity index (χ0) is 14.1. The number of hydrogen-bond acceptors (Lipinski definition) is 2. The minimum atomic E-state index is -0.826. The van der Waals surface area contributed by atoms with Crippen molar-refractivity contribution in [2.24, 2.45) is 10.9 Å². The second kappa shape index (κ2) is 4.75. The third kappa shape index (κ3) is 1.92. The van der Waals surface area contributed by atoms with E-state index in [1.54, 1.807) is 6.07 Å². The highest BCUT2D eigenvalue weighted by atomic mass is 16.1. The lowest BCUT2D eigenvalue weighted by Gasteiger charge is -2.15. The molecule has 2 aromatic rings. The second-order valence-electron chi connectivity index (χ2n) is 4.81. The smallest absolute Gasteiger partial charge is 0.268 e. The van der Waals surface area contributed by atoms with Crippen LogP contribution >= 0.6 is 0 Å². The highest BCUT2D eigenvalue weighted by Gasteiger charge is 2.27. The van der Waals surface area contributed by atoms with E-state index in [0.29, 0.717) is 5.36 Å². The third-order valence-electron chi connectivity index (χ3n) is 3.45. The van der Waals surface area contributed by atoms with Crippen LogP contribution in [-0.2, 0) is 4.79 Å². The zero-order valence-electron chi connectivity index (χ0n) is 11.0. The van der Waals surface area contributed by atoms with Gasteiger partial charge in [0.25, 0.3) is 5.91 Å². The Hall–Kier alpha value is -2.73. The minimum Gasteiger partial charge on any atom is -0.271 e. The Kier molecular flexibility index (Phi) is 2.92. The molecule has 3 rings (SSSR count). The van der Waals surface area contributed by atoms with Gasteiger partial charge in [0.2, 0.25) is 0 Å². The molecule has 0 radical (unpaired) electrons. The lowest BCUT2D eigenvalue weighted by atomic mass is 9.88. The molecule has 1 unspecified atom stereocenters. The second-order valence-corrected chi connectivity index (χ2v) is 4.81. The first-order chi connectivity index (χ1) is 9.70. The average molecular weight is 260 g/mol. The van der Waals surface area contributed by atoms with E-state index < -0.39 is 5.92 Å². The Morgan fingerprint density at radius 1 is 1.10 bits per heavy atom. The van der Waals surface area contributed by atoms with Crippen molar-refractivity contribution in [3.05, 3.63) is 70.2 Å². The van der Waals surface area contributed by atoms with E-state index in [1.165, 1.54) is 0 Å². The molecule has 1 atom stereocenters. The first kappa shape index (κ1) is 12.3. The quantitative estimate of drug-likeness (QED) is 0.780. The van der Waals surface area contributed by atoms with Gasteiger partial charge in [0.1, 0.15) is 0 Å². The molecular weight excluding hydrogens is 248 g/mol. The van der Waals surface area contributed by atoms with Crippen molar-refractivity contribution in [3.8, 4) is 6.07 Å². The first-order valence-electron chi connectivity index (χ1n) is 6.39. The van der Waals surface area contributed by atoms with Gasteiger partial charge in [-0.15, -0.1) is 0 Å². The number of amides is 1. The molecule has 0 spiro atoms. The van der Waals surface area contributed by atoms with Gasteiger partial charge in [-0.3, -0.25) is 4.79 Å². The first-order valence-corrected chi connectivity index (χ1v) is 6.39. The summed E-state index contributed by atoms with van der Waals surface area (Å²) in [7, 11) is 0. The molecule has 0 saturated heterocycles. The van der Waals surface area contributed by atoms with Crippen molar-refractivity contribution in [2.75, 3.05) is 0 Å². The molecule has 0 aliphatic carbocycles. The molecule has 1 aliphatic heterocycles. The maximum Gasteiger partial charge on any atom is 0.268 e. The number of nitriles is 1. The van der Waals surface area contributed by atoms with Crippen molar-refractivity contribution < 1.29 is 4.79 Å². The van der Waals surface area contributed by atoms with Crippen LogP contribution in [0.15, 0.2) is 53.5 Å². The summed E-state index contributed by atoms with van der Waals surface area (Å²) in [4.78, 5) is 16.0. The molecule has 0 aromatic heterocycles. The number of benzene rings is 2. The van der Waals surface area contributed by atoms with E-state index in [1.807, 2.05) is 49.4 Å². The van der Waals surface area contributed by atoms with E-state index >= 15 is 0 Å². The van der Waals surface area contributed by atoms with Crippen LogP contribution in [-0.4, -0.2) is 5.91 Å². The van der Waals surface area contributed by atoms with Gasteiger partial charge in [0.15, 0.2) is 5.92 Å². The van der Waals surface area contributed by atoms with Crippen LogP contribution in [0.2, 0.25) is 0 Å². The van der Waals surface area contributed by atoms with Gasteiger partial charge >= 0.3 is 0 Å². The van der Waals surface area contributed by atoms with E-state index in [0.717, 1.165) is 21.9 Å². The molecule has 0 bridgehead atoms. The molecule has 96 valence electrons. The molecule has 0 N–H and O–H groups in total. The number of nitrogens with zero attached hydrogens (tertiary/aromatic N) is 2. The summed E-state index contributed by atoms with van der Waals surface area (Å²) < 4.78 is 0.